The molecule has 0 saturated heterocycles. The van der Waals surface area contributed by atoms with Gasteiger partial charge in [-0.25, -0.2) is 0 Å². The Balaban J connectivity index is 1.71. The van der Waals surface area contributed by atoms with Crippen LogP contribution >= 0.6 is 0 Å². The molecule has 2 aliphatic carbocycles. The van der Waals surface area contributed by atoms with Crippen LogP contribution in [0.3, 0.4) is 0 Å². The summed E-state index contributed by atoms with van der Waals surface area (Å²) in [6.07, 6.45) is 1.49. The van der Waals surface area contributed by atoms with Crippen LogP contribution in [0, 0.1) is 11.8 Å². The molecule has 8 heavy (non-hydrogen) atoms. The second-order valence-corrected chi connectivity index (χ2v) is 3.19. The van der Waals surface area contributed by atoms with Crippen molar-refractivity contribution in [3.63, 3.8) is 0 Å². The van der Waals surface area contributed by atoms with E-state index in [0.29, 0.717) is 5.72 Å². The molecule has 3 radical (unpaired) electrons. The molecule has 0 aromatic rings. The zero-order valence-corrected chi connectivity index (χ0v) is 5.17. The zero-order valence-electron chi connectivity index (χ0n) is 5.17. The van der Waals surface area contributed by atoms with Crippen LogP contribution in [0.4, 0.5) is 0 Å². The lowest BCUT2D eigenvalue weighted by molar-refractivity contribution is 0.893. The highest BCUT2D eigenvalue weighted by atomic mass is 14.6. The van der Waals surface area contributed by atoms with E-state index in [-0.39, 0.29) is 0 Å². The molecule has 0 aromatic carbocycles. The Hall–Kier alpha value is 0.130. The molecule has 2 aliphatic rings. The molecule has 0 aliphatic heterocycles. The van der Waals surface area contributed by atoms with E-state index in [1.165, 1.54) is 6.42 Å². The highest BCUT2D eigenvalue weighted by Gasteiger charge is 2.62. The van der Waals surface area contributed by atoms with E-state index in [0.717, 1.165) is 17.7 Å². The molecule has 0 amide bonds. The van der Waals surface area contributed by atoms with Crippen molar-refractivity contribution < 1.29 is 0 Å². The minimum absolute atomic E-state index is 0.327. The topological polar surface area (TPSA) is 0 Å². The Morgan fingerprint density at radius 3 is 2.38 bits per heavy atom. The number of rotatable bonds is 2. The second kappa shape index (κ2) is 1.34. The summed E-state index contributed by atoms with van der Waals surface area (Å²) < 4.78 is 0. The van der Waals surface area contributed by atoms with Gasteiger partial charge >= 0.3 is 0 Å². The van der Waals surface area contributed by atoms with Crippen LogP contribution in [0.1, 0.15) is 13.3 Å². The summed E-state index contributed by atoms with van der Waals surface area (Å²) in [5.74, 6) is 3.11. The first-order chi connectivity index (χ1) is 3.79. The molecule has 2 heteroatoms. The van der Waals surface area contributed by atoms with Gasteiger partial charge in [0.05, 0.1) is 7.85 Å². The van der Waals surface area contributed by atoms with Crippen molar-refractivity contribution in [2.24, 2.45) is 11.8 Å². The molecule has 0 aromatic heterocycles. The van der Waals surface area contributed by atoms with Gasteiger partial charge in [-0.1, -0.05) is 12.7 Å². The van der Waals surface area contributed by atoms with Gasteiger partial charge in [0.25, 0.3) is 0 Å². The van der Waals surface area contributed by atoms with Gasteiger partial charge in [-0.3, -0.25) is 0 Å². The molecule has 39 valence electrons. The molecule has 2 saturated carbocycles. The van der Waals surface area contributed by atoms with E-state index in [2.05, 4.69) is 14.2 Å². The van der Waals surface area contributed by atoms with E-state index >= 15 is 0 Å². The first-order valence-corrected chi connectivity index (χ1v) is 3.39. The maximum absolute atomic E-state index is 5.56. The Bertz CT molecular complexity index is 103. The van der Waals surface area contributed by atoms with E-state index in [1.54, 1.807) is 0 Å². The first-order valence-electron chi connectivity index (χ1n) is 3.39. The van der Waals surface area contributed by atoms with Crippen molar-refractivity contribution in [3.8, 4) is 0 Å². The van der Waals surface area contributed by atoms with Crippen molar-refractivity contribution in [1.82, 2.24) is 0 Å². The summed E-state index contributed by atoms with van der Waals surface area (Å²) in [6, 6.07) is 0. The fourth-order valence-corrected chi connectivity index (χ4v) is 1.46. The van der Waals surface area contributed by atoms with Crippen LogP contribution in [0.15, 0.2) is 0 Å². The number of fused-ring (bicyclic) bond motifs is 1. The SMILES string of the molecule is [B]C(C)[B]C1C2CC12. The fraction of sp³-hybridized carbons (Fsp3) is 1.00. The first kappa shape index (κ1) is 4.96. The van der Waals surface area contributed by atoms with Gasteiger partial charge in [0.2, 0.25) is 0 Å². The van der Waals surface area contributed by atoms with Crippen molar-refractivity contribution >= 4 is 15.1 Å². The normalized spacial score (nSPS) is 51.9. The van der Waals surface area contributed by atoms with E-state index in [4.69, 9.17) is 7.85 Å². The van der Waals surface area contributed by atoms with Crippen LogP contribution in [-0.2, 0) is 0 Å². The maximum Gasteiger partial charge on any atom is 0.108 e. The Kier molecular flexibility index (Phi) is 0.832. The Morgan fingerprint density at radius 2 is 2.25 bits per heavy atom. The monoisotopic (exact) mass is 103 g/mol. The van der Waals surface area contributed by atoms with Gasteiger partial charge in [0, 0.05) is 0 Å². The average Bonchev–Trinajstić information content (AvgIpc) is 2.41. The summed E-state index contributed by atoms with van der Waals surface area (Å²) in [5, 5.41) is 0. The Labute approximate surface area is 52.7 Å². The molecule has 0 nitrogen and oxygen atoms in total. The lowest BCUT2D eigenvalue weighted by atomic mass is 9.50. The smallest absolute Gasteiger partial charge is 0.105 e. The van der Waals surface area contributed by atoms with Crippen molar-refractivity contribution in [1.29, 1.82) is 0 Å². The summed E-state index contributed by atoms with van der Waals surface area (Å²) in [6.45, 7) is 2.05. The third-order valence-corrected chi connectivity index (χ3v) is 2.26. The summed E-state index contributed by atoms with van der Waals surface area (Å²) in [7, 11) is 7.85. The van der Waals surface area contributed by atoms with E-state index < -0.39 is 0 Å². The molecule has 3 unspecified atom stereocenters. The molecular formula is C6H9B2. The minimum atomic E-state index is 0.327. The Morgan fingerprint density at radius 1 is 1.62 bits per heavy atom. The van der Waals surface area contributed by atoms with Gasteiger partial charge in [-0.2, -0.15) is 0 Å². The van der Waals surface area contributed by atoms with Crippen LogP contribution in [0.2, 0.25) is 11.5 Å². The molecular weight excluding hydrogens is 93.7 g/mol. The number of hydrogen-bond donors (Lipinski definition) is 0. The zero-order chi connectivity index (χ0) is 5.72. The van der Waals surface area contributed by atoms with E-state index in [1.807, 2.05) is 0 Å². The molecule has 0 spiro atoms. The molecule has 0 bridgehead atoms. The lowest BCUT2D eigenvalue weighted by Gasteiger charge is -2.02. The predicted molar refractivity (Wildman–Crippen MR) is 36.3 cm³/mol. The van der Waals surface area contributed by atoms with Gasteiger partial charge in [-0.05, 0) is 18.3 Å². The largest absolute Gasteiger partial charge is 0.108 e. The molecule has 0 N–H and O–H groups in total. The van der Waals surface area contributed by atoms with Crippen molar-refractivity contribution in [2.45, 2.75) is 24.9 Å². The molecule has 0 heterocycles. The number of hydrogen-bond acceptors (Lipinski definition) is 0. The van der Waals surface area contributed by atoms with Crippen molar-refractivity contribution in [3.05, 3.63) is 0 Å². The quantitative estimate of drug-likeness (QED) is 0.458. The summed E-state index contributed by atoms with van der Waals surface area (Å²) in [5.41, 5.74) is 0.327. The second-order valence-electron chi connectivity index (χ2n) is 3.19. The highest BCUT2D eigenvalue weighted by Crippen LogP contribution is 2.72. The third-order valence-electron chi connectivity index (χ3n) is 2.26. The average molecular weight is 103 g/mol. The van der Waals surface area contributed by atoms with Gasteiger partial charge in [0.1, 0.15) is 7.28 Å². The van der Waals surface area contributed by atoms with Crippen molar-refractivity contribution in [2.75, 3.05) is 0 Å². The van der Waals surface area contributed by atoms with Crippen LogP contribution < -0.4 is 0 Å². The maximum atomic E-state index is 5.56. The predicted octanol–water partition coefficient (Wildman–Crippen LogP) is 1.06. The summed E-state index contributed by atoms with van der Waals surface area (Å²) in [4.78, 5) is 0. The minimum Gasteiger partial charge on any atom is -0.105 e. The third kappa shape index (κ3) is 0.620. The standard InChI is InChI=1S/C6H9B2/c1-3(7)8-6-4-2-5(4)6/h3-6H,2H2,1H3. The lowest BCUT2D eigenvalue weighted by Crippen LogP contribution is -2.02. The van der Waals surface area contributed by atoms with Gasteiger partial charge < -0.3 is 0 Å². The van der Waals surface area contributed by atoms with Crippen LogP contribution in [-0.4, -0.2) is 15.1 Å². The summed E-state index contributed by atoms with van der Waals surface area (Å²) >= 11 is 0. The molecule has 2 rings (SSSR count). The van der Waals surface area contributed by atoms with Gasteiger partial charge in [0.15, 0.2) is 0 Å². The van der Waals surface area contributed by atoms with Crippen LogP contribution in [0.25, 0.3) is 0 Å². The van der Waals surface area contributed by atoms with E-state index in [9.17, 15) is 0 Å². The highest BCUT2D eigenvalue weighted by molar-refractivity contribution is 6.52. The van der Waals surface area contributed by atoms with Gasteiger partial charge in [-0.15, -0.1) is 5.72 Å². The molecule has 2 fully saturated rings. The van der Waals surface area contributed by atoms with Crippen LogP contribution in [0.5, 0.6) is 0 Å². The fourth-order valence-electron chi connectivity index (χ4n) is 1.46. The molecule has 3 atom stereocenters.